The van der Waals surface area contributed by atoms with Crippen LogP contribution in [0.15, 0.2) is 0 Å². The largest absolute Gasteiger partial charge is 0.372 e. The van der Waals surface area contributed by atoms with Crippen molar-refractivity contribution in [3.8, 4) is 0 Å². The molecule has 0 radical (unpaired) electrons. The van der Waals surface area contributed by atoms with Gasteiger partial charge in [-0.05, 0) is 26.7 Å². The lowest BCUT2D eigenvalue weighted by molar-refractivity contribution is -0.0348. The van der Waals surface area contributed by atoms with E-state index < -0.39 is 0 Å². The zero-order valence-electron chi connectivity index (χ0n) is 9.29. The average molecular weight is 188 g/mol. The minimum absolute atomic E-state index is 0.0813. The van der Waals surface area contributed by atoms with Crippen molar-refractivity contribution in [2.75, 3.05) is 0 Å². The SMILES string of the molecule is CCC(OC(CC)C(C)N)C(C)N. The normalized spacial score (nSPS) is 20.8. The van der Waals surface area contributed by atoms with Gasteiger partial charge in [-0.2, -0.15) is 0 Å². The number of ether oxygens (including phenoxy) is 1. The molecular weight excluding hydrogens is 164 g/mol. The lowest BCUT2D eigenvalue weighted by Crippen LogP contribution is -2.42. The van der Waals surface area contributed by atoms with Crippen molar-refractivity contribution in [2.24, 2.45) is 11.5 Å². The van der Waals surface area contributed by atoms with E-state index in [1.165, 1.54) is 0 Å². The minimum atomic E-state index is 0.0813. The van der Waals surface area contributed by atoms with E-state index in [9.17, 15) is 0 Å². The molecule has 3 nitrogen and oxygen atoms in total. The predicted octanol–water partition coefficient (Wildman–Crippen LogP) is 1.25. The Morgan fingerprint density at radius 1 is 0.923 bits per heavy atom. The van der Waals surface area contributed by atoms with Gasteiger partial charge in [0.2, 0.25) is 0 Å². The van der Waals surface area contributed by atoms with Crippen LogP contribution in [0.3, 0.4) is 0 Å². The summed E-state index contributed by atoms with van der Waals surface area (Å²) in [6.45, 7) is 8.12. The number of hydrogen-bond donors (Lipinski definition) is 2. The second-order valence-electron chi connectivity index (χ2n) is 3.75. The fourth-order valence-corrected chi connectivity index (χ4v) is 1.41. The number of nitrogens with two attached hydrogens (primary N) is 2. The summed E-state index contributed by atoms with van der Waals surface area (Å²) in [7, 11) is 0. The minimum Gasteiger partial charge on any atom is -0.372 e. The van der Waals surface area contributed by atoms with Crippen molar-refractivity contribution in [3.63, 3.8) is 0 Å². The first-order valence-corrected chi connectivity index (χ1v) is 5.19. The first-order valence-electron chi connectivity index (χ1n) is 5.19. The molecule has 0 rings (SSSR count). The molecule has 0 saturated carbocycles. The van der Waals surface area contributed by atoms with Gasteiger partial charge in [-0.1, -0.05) is 13.8 Å². The fourth-order valence-electron chi connectivity index (χ4n) is 1.41. The molecule has 0 aromatic heterocycles. The highest BCUT2D eigenvalue weighted by molar-refractivity contribution is 4.73. The van der Waals surface area contributed by atoms with E-state index in [1.807, 2.05) is 13.8 Å². The molecule has 4 atom stereocenters. The van der Waals surface area contributed by atoms with E-state index in [-0.39, 0.29) is 24.3 Å². The smallest absolute Gasteiger partial charge is 0.0725 e. The second-order valence-corrected chi connectivity index (χ2v) is 3.75. The van der Waals surface area contributed by atoms with Crippen LogP contribution in [0.25, 0.3) is 0 Å². The Bertz CT molecular complexity index is 112. The fraction of sp³-hybridized carbons (Fsp3) is 1.00. The highest BCUT2D eigenvalue weighted by atomic mass is 16.5. The number of hydrogen-bond acceptors (Lipinski definition) is 3. The molecule has 0 aliphatic rings. The monoisotopic (exact) mass is 188 g/mol. The van der Waals surface area contributed by atoms with Crippen molar-refractivity contribution in [3.05, 3.63) is 0 Å². The van der Waals surface area contributed by atoms with Crippen molar-refractivity contribution in [1.82, 2.24) is 0 Å². The van der Waals surface area contributed by atoms with Crippen LogP contribution in [0.4, 0.5) is 0 Å². The van der Waals surface area contributed by atoms with Gasteiger partial charge in [0.1, 0.15) is 0 Å². The molecular formula is C10H24N2O. The Hall–Kier alpha value is -0.120. The zero-order chi connectivity index (χ0) is 10.4. The first-order chi connectivity index (χ1) is 6.02. The Kier molecular flexibility index (Phi) is 6.29. The lowest BCUT2D eigenvalue weighted by atomic mass is 10.1. The maximum absolute atomic E-state index is 5.82. The molecule has 3 heteroatoms. The van der Waals surface area contributed by atoms with Gasteiger partial charge < -0.3 is 16.2 Å². The van der Waals surface area contributed by atoms with E-state index in [0.717, 1.165) is 12.8 Å². The third-order valence-corrected chi connectivity index (χ3v) is 2.33. The van der Waals surface area contributed by atoms with Crippen molar-refractivity contribution in [1.29, 1.82) is 0 Å². The molecule has 0 amide bonds. The molecule has 4 N–H and O–H groups in total. The molecule has 80 valence electrons. The predicted molar refractivity (Wildman–Crippen MR) is 56.5 cm³/mol. The van der Waals surface area contributed by atoms with Crippen molar-refractivity contribution < 1.29 is 4.74 Å². The molecule has 0 spiro atoms. The number of rotatable bonds is 6. The summed E-state index contributed by atoms with van der Waals surface area (Å²) in [5.41, 5.74) is 11.6. The first kappa shape index (κ1) is 12.9. The standard InChI is InChI=1S/C10H24N2O/c1-5-9(7(3)11)13-10(6-2)8(4)12/h7-10H,5-6,11-12H2,1-4H3. The molecule has 0 aliphatic heterocycles. The third kappa shape index (κ3) is 4.60. The van der Waals surface area contributed by atoms with Crippen molar-refractivity contribution >= 4 is 0 Å². The van der Waals surface area contributed by atoms with Crippen LogP contribution in [0.2, 0.25) is 0 Å². The second kappa shape index (κ2) is 6.35. The van der Waals surface area contributed by atoms with Gasteiger partial charge in [0, 0.05) is 12.1 Å². The van der Waals surface area contributed by atoms with E-state index in [0.29, 0.717) is 0 Å². The molecule has 13 heavy (non-hydrogen) atoms. The molecule has 0 fully saturated rings. The Balaban J connectivity index is 4.03. The van der Waals surface area contributed by atoms with Gasteiger partial charge >= 0.3 is 0 Å². The molecule has 4 unspecified atom stereocenters. The summed E-state index contributed by atoms with van der Waals surface area (Å²) in [6, 6.07) is 0.163. The van der Waals surface area contributed by atoms with Gasteiger partial charge in [0.25, 0.3) is 0 Å². The average Bonchev–Trinajstić information content (AvgIpc) is 2.05. The van der Waals surface area contributed by atoms with Crippen LogP contribution < -0.4 is 11.5 Å². The van der Waals surface area contributed by atoms with E-state index >= 15 is 0 Å². The van der Waals surface area contributed by atoms with Crippen molar-refractivity contribution in [2.45, 2.75) is 64.8 Å². The van der Waals surface area contributed by atoms with Crippen LogP contribution >= 0.6 is 0 Å². The van der Waals surface area contributed by atoms with Gasteiger partial charge in [0.05, 0.1) is 12.2 Å². The summed E-state index contributed by atoms with van der Waals surface area (Å²) in [6.07, 6.45) is 2.16. The lowest BCUT2D eigenvalue weighted by Gasteiger charge is -2.28. The quantitative estimate of drug-likeness (QED) is 0.659. The maximum atomic E-state index is 5.82. The van der Waals surface area contributed by atoms with Gasteiger partial charge in [0.15, 0.2) is 0 Å². The Morgan fingerprint density at radius 2 is 1.23 bits per heavy atom. The summed E-state index contributed by atoms with van der Waals surface area (Å²) >= 11 is 0. The van der Waals surface area contributed by atoms with E-state index in [2.05, 4.69) is 13.8 Å². The summed E-state index contributed by atoms with van der Waals surface area (Å²) in [4.78, 5) is 0. The summed E-state index contributed by atoms with van der Waals surface area (Å²) in [5.74, 6) is 0. The topological polar surface area (TPSA) is 61.3 Å². The summed E-state index contributed by atoms with van der Waals surface area (Å²) < 4.78 is 5.82. The van der Waals surface area contributed by atoms with Gasteiger partial charge in [-0.25, -0.2) is 0 Å². The van der Waals surface area contributed by atoms with Gasteiger partial charge in [-0.15, -0.1) is 0 Å². The van der Waals surface area contributed by atoms with Crippen LogP contribution in [-0.2, 0) is 4.74 Å². The molecule has 0 aliphatic carbocycles. The molecule has 0 saturated heterocycles. The Labute approximate surface area is 81.8 Å². The van der Waals surface area contributed by atoms with E-state index in [1.54, 1.807) is 0 Å². The zero-order valence-corrected chi connectivity index (χ0v) is 9.29. The van der Waals surface area contributed by atoms with Crippen LogP contribution in [0.5, 0.6) is 0 Å². The van der Waals surface area contributed by atoms with Crippen LogP contribution in [0.1, 0.15) is 40.5 Å². The van der Waals surface area contributed by atoms with Gasteiger partial charge in [-0.3, -0.25) is 0 Å². The highest BCUT2D eigenvalue weighted by Crippen LogP contribution is 2.10. The molecule has 0 aromatic carbocycles. The molecule has 0 aromatic rings. The van der Waals surface area contributed by atoms with Crippen LogP contribution in [0, 0.1) is 0 Å². The molecule has 0 heterocycles. The molecule has 0 bridgehead atoms. The summed E-state index contributed by atoms with van der Waals surface area (Å²) in [5, 5.41) is 0. The highest BCUT2D eigenvalue weighted by Gasteiger charge is 2.19. The maximum Gasteiger partial charge on any atom is 0.0725 e. The Morgan fingerprint density at radius 3 is 1.38 bits per heavy atom. The van der Waals surface area contributed by atoms with E-state index in [4.69, 9.17) is 16.2 Å². The van der Waals surface area contributed by atoms with Crippen LogP contribution in [-0.4, -0.2) is 24.3 Å². The third-order valence-electron chi connectivity index (χ3n) is 2.33.